The van der Waals surface area contributed by atoms with Gasteiger partial charge in [-0.15, -0.1) is 10.2 Å². The summed E-state index contributed by atoms with van der Waals surface area (Å²) < 4.78 is 0. The maximum absolute atomic E-state index is 12.2. The van der Waals surface area contributed by atoms with Crippen molar-refractivity contribution in [2.45, 2.75) is 13.0 Å². The number of hydrogen-bond acceptors (Lipinski definition) is 6. The Morgan fingerprint density at radius 1 is 1.00 bits per heavy atom. The molecule has 0 saturated heterocycles. The van der Waals surface area contributed by atoms with E-state index >= 15 is 0 Å². The van der Waals surface area contributed by atoms with E-state index in [0.717, 1.165) is 24.3 Å². The molecule has 26 heavy (non-hydrogen) atoms. The molecular formula is C19H20N6O. The lowest BCUT2D eigenvalue weighted by molar-refractivity contribution is 0.0945. The molecule has 3 rings (SSSR count). The Bertz CT molecular complexity index is 824. The first-order valence-corrected chi connectivity index (χ1v) is 8.33. The summed E-state index contributed by atoms with van der Waals surface area (Å²) in [6, 6.07) is 11.2. The number of nitrogens with zero attached hydrogens (tertiary/aromatic N) is 5. The van der Waals surface area contributed by atoms with E-state index in [1.807, 2.05) is 36.2 Å². The molecule has 132 valence electrons. The smallest absolute Gasteiger partial charge is 0.272 e. The minimum atomic E-state index is -0.257. The van der Waals surface area contributed by atoms with Crippen LogP contribution in [-0.2, 0) is 13.0 Å². The summed E-state index contributed by atoms with van der Waals surface area (Å²) in [5, 5.41) is 11.0. The Morgan fingerprint density at radius 3 is 2.54 bits per heavy atom. The summed E-state index contributed by atoms with van der Waals surface area (Å²) in [5.41, 5.74) is 2.44. The van der Waals surface area contributed by atoms with Crippen molar-refractivity contribution in [3.63, 3.8) is 0 Å². The molecule has 7 nitrogen and oxygen atoms in total. The average molecular weight is 348 g/mol. The third-order valence-corrected chi connectivity index (χ3v) is 3.94. The third-order valence-electron chi connectivity index (χ3n) is 3.94. The number of amides is 1. The van der Waals surface area contributed by atoms with Gasteiger partial charge in [-0.2, -0.15) is 0 Å². The van der Waals surface area contributed by atoms with Crippen molar-refractivity contribution in [1.82, 2.24) is 25.5 Å². The van der Waals surface area contributed by atoms with E-state index in [1.165, 1.54) is 5.56 Å². The van der Waals surface area contributed by atoms with Crippen molar-refractivity contribution in [3.05, 3.63) is 78.0 Å². The Labute approximate surface area is 152 Å². The third kappa shape index (κ3) is 4.83. The van der Waals surface area contributed by atoms with Crippen LogP contribution in [0.5, 0.6) is 0 Å². The molecular weight excluding hydrogens is 328 g/mol. The van der Waals surface area contributed by atoms with Crippen LogP contribution in [0.4, 0.5) is 5.82 Å². The Morgan fingerprint density at radius 2 is 1.85 bits per heavy atom. The molecule has 0 aromatic carbocycles. The predicted octanol–water partition coefficient (Wildman–Crippen LogP) is 1.88. The van der Waals surface area contributed by atoms with Crippen LogP contribution in [0.1, 0.15) is 21.6 Å². The molecule has 0 fully saturated rings. The van der Waals surface area contributed by atoms with Crippen LogP contribution >= 0.6 is 0 Å². The quantitative estimate of drug-likeness (QED) is 0.702. The highest BCUT2D eigenvalue weighted by Gasteiger charge is 2.10. The Balaban J connectivity index is 1.53. The topological polar surface area (TPSA) is 83.9 Å². The van der Waals surface area contributed by atoms with E-state index in [2.05, 4.69) is 25.5 Å². The summed E-state index contributed by atoms with van der Waals surface area (Å²) in [5.74, 6) is 0.468. The molecule has 3 aromatic heterocycles. The van der Waals surface area contributed by atoms with Crippen molar-refractivity contribution in [1.29, 1.82) is 0 Å². The van der Waals surface area contributed by atoms with Gasteiger partial charge in [0.2, 0.25) is 0 Å². The molecule has 3 aromatic rings. The summed E-state index contributed by atoms with van der Waals surface area (Å²) in [4.78, 5) is 22.2. The molecule has 7 heteroatoms. The molecule has 0 atom stereocenters. The maximum Gasteiger partial charge on any atom is 0.272 e. The number of nitrogens with one attached hydrogen (secondary N) is 1. The standard InChI is InChI=1S/C19H20N6O/c1-25(12-8-15-6-10-20-11-7-15)18-5-4-17(23-24-18)19(26)22-14-16-3-2-9-21-13-16/h2-7,9-11,13H,8,12,14H2,1H3,(H,22,26). The molecule has 0 saturated carbocycles. The van der Waals surface area contributed by atoms with Gasteiger partial charge < -0.3 is 10.2 Å². The number of rotatable bonds is 7. The highest BCUT2D eigenvalue weighted by Crippen LogP contribution is 2.09. The number of carbonyl (C=O) groups excluding carboxylic acids is 1. The normalized spacial score (nSPS) is 10.3. The van der Waals surface area contributed by atoms with E-state index < -0.39 is 0 Å². The lowest BCUT2D eigenvalue weighted by Gasteiger charge is -2.17. The summed E-state index contributed by atoms with van der Waals surface area (Å²) in [6.45, 7) is 1.20. The number of pyridine rings is 2. The van der Waals surface area contributed by atoms with E-state index in [-0.39, 0.29) is 5.91 Å². The number of likely N-dealkylation sites (N-methyl/N-ethyl adjacent to an activating group) is 1. The maximum atomic E-state index is 12.2. The Hall–Kier alpha value is -3.35. The van der Waals surface area contributed by atoms with Gasteiger partial charge in [0.25, 0.3) is 5.91 Å². The van der Waals surface area contributed by atoms with Crippen molar-refractivity contribution in [2.24, 2.45) is 0 Å². The van der Waals surface area contributed by atoms with Gasteiger partial charge >= 0.3 is 0 Å². The fraction of sp³-hybridized carbons (Fsp3) is 0.211. The highest BCUT2D eigenvalue weighted by molar-refractivity contribution is 5.92. The van der Waals surface area contributed by atoms with Crippen LogP contribution in [0.15, 0.2) is 61.2 Å². The molecule has 1 amide bonds. The van der Waals surface area contributed by atoms with E-state index in [9.17, 15) is 4.79 Å². The monoisotopic (exact) mass is 348 g/mol. The van der Waals surface area contributed by atoms with Crippen LogP contribution < -0.4 is 10.2 Å². The van der Waals surface area contributed by atoms with E-state index in [4.69, 9.17) is 0 Å². The zero-order chi connectivity index (χ0) is 18.2. The lowest BCUT2D eigenvalue weighted by atomic mass is 10.2. The summed E-state index contributed by atoms with van der Waals surface area (Å²) in [7, 11) is 1.95. The zero-order valence-corrected chi connectivity index (χ0v) is 14.5. The first-order valence-electron chi connectivity index (χ1n) is 8.33. The molecule has 0 bridgehead atoms. The van der Waals surface area contributed by atoms with Gasteiger partial charge in [0.15, 0.2) is 11.5 Å². The summed E-state index contributed by atoms with van der Waals surface area (Å²) in [6.07, 6.45) is 7.86. The van der Waals surface area contributed by atoms with Gasteiger partial charge in [-0.25, -0.2) is 0 Å². The van der Waals surface area contributed by atoms with Crippen molar-refractivity contribution >= 4 is 11.7 Å². The largest absolute Gasteiger partial charge is 0.358 e. The molecule has 0 unspecified atom stereocenters. The predicted molar refractivity (Wildman–Crippen MR) is 98.7 cm³/mol. The summed E-state index contributed by atoms with van der Waals surface area (Å²) >= 11 is 0. The van der Waals surface area contributed by atoms with Crippen LogP contribution in [-0.4, -0.2) is 39.7 Å². The first kappa shape index (κ1) is 17.5. The molecule has 0 spiro atoms. The zero-order valence-electron chi connectivity index (χ0n) is 14.5. The molecule has 0 aliphatic heterocycles. The van der Waals surface area contributed by atoms with Gasteiger partial charge in [-0.05, 0) is 47.9 Å². The van der Waals surface area contributed by atoms with Gasteiger partial charge in [-0.1, -0.05) is 6.07 Å². The van der Waals surface area contributed by atoms with Crippen molar-refractivity contribution < 1.29 is 4.79 Å². The van der Waals surface area contributed by atoms with Crippen molar-refractivity contribution in [2.75, 3.05) is 18.5 Å². The molecule has 0 aliphatic rings. The number of aromatic nitrogens is 4. The second-order valence-electron chi connectivity index (χ2n) is 5.85. The van der Waals surface area contributed by atoms with Crippen LogP contribution in [0.2, 0.25) is 0 Å². The van der Waals surface area contributed by atoms with Crippen LogP contribution in [0, 0.1) is 0 Å². The molecule has 0 aliphatic carbocycles. The van der Waals surface area contributed by atoms with Crippen molar-refractivity contribution in [3.8, 4) is 0 Å². The highest BCUT2D eigenvalue weighted by atomic mass is 16.1. The number of hydrogen-bond donors (Lipinski definition) is 1. The minimum Gasteiger partial charge on any atom is -0.358 e. The number of carbonyl (C=O) groups is 1. The first-order chi connectivity index (χ1) is 12.7. The second kappa shape index (κ2) is 8.66. The average Bonchev–Trinajstić information content (AvgIpc) is 2.72. The van der Waals surface area contributed by atoms with Gasteiger partial charge in [0.05, 0.1) is 0 Å². The van der Waals surface area contributed by atoms with Gasteiger partial charge in [0, 0.05) is 44.9 Å². The van der Waals surface area contributed by atoms with Gasteiger partial charge in [-0.3, -0.25) is 14.8 Å². The lowest BCUT2D eigenvalue weighted by Crippen LogP contribution is -2.25. The van der Waals surface area contributed by atoms with E-state index in [0.29, 0.717) is 12.2 Å². The Kier molecular flexibility index (Phi) is 5.82. The van der Waals surface area contributed by atoms with Gasteiger partial charge in [0.1, 0.15) is 0 Å². The van der Waals surface area contributed by atoms with Crippen LogP contribution in [0.25, 0.3) is 0 Å². The van der Waals surface area contributed by atoms with E-state index in [1.54, 1.807) is 36.9 Å². The minimum absolute atomic E-state index is 0.257. The molecule has 3 heterocycles. The molecule has 0 radical (unpaired) electrons. The fourth-order valence-corrected chi connectivity index (χ4v) is 2.39. The SMILES string of the molecule is CN(CCc1ccncc1)c1ccc(C(=O)NCc2cccnc2)nn1. The molecule has 1 N–H and O–H groups in total. The van der Waals surface area contributed by atoms with Crippen LogP contribution in [0.3, 0.4) is 0 Å². The number of anilines is 1. The second-order valence-corrected chi connectivity index (χ2v) is 5.85. The fourth-order valence-electron chi connectivity index (χ4n) is 2.39.